The van der Waals surface area contributed by atoms with E-state index in [2.05, 4.69) is 31.2 Å². The molecule has 0 atom stereocenters. The highest BCUT2D eigenvalue weighted by atomic mass is 79.9. The largest absolute Gasteiger partial charge is 0.416 e. The Bertz CT molecular complexity index is 596. The van der Waals surface area contributed by atoms with Gasteiger partial charge in [-0.25, -0.2) is 4.98 Å². The second-order valence-electron chi connectivity index (χ2n) is 3.95. The van der Waals surface area contributed by atoms with E-state index in [-0.39, 0.29) is 23.9 Å². The molecule has 1 aromatic heterocycles. The van der Waals surface area contributed by atoms with Crippen LogP contribution in [-0.4, -0.2) is 9.97 Å². The summed E-state index contributed by atoms with van der Waals surface area (Å²) in [7, 11) is 0. The minimum Gasteiger partial charge on any atom is -0.383 e. The molecule has 8 heteroatoms. The first-order valence-corrected chi connectivity index (χ1v) is 6.34. The fourth-order valence-electron chi connectivity index (χ4n) is 1.64. The number of nitrogens with zero attached hydrogens (tertiary/aromatic N) is 2. The maximum Gasteiger partial charge on any atom is 0.416 e. The molecule has 1 heterocycles. The summed E-state index contributed by atoms with van der Waals surface area (Å²) >= 11 is 3.13. The molecule has 0 spiro atoms. The maximum atomic E-state index is 12.8. The van der Waals surface area contributed by atoms with Gasteiger partial charge in [0.1, 0.15) is 10.4 Å². The number of nitrogens with two attached hydrogens (primary N) is 1. The van der Waals surface area contributed by atoms with Gasteiger partial charge in [-0.3, -0.25) is 0 Å². The smallest absolute Gasteiger partial charge is 0.383 e. The molecule has 2 rings (SSSR count). The molecule has 1 aromatic carbocycles. The number of anilines is 2. The Morgan fingerprint density at radius 1 is 1.20 bits per heavy atom. The first kappa shape index (κ1) is 14.6. The van der Waals surface area contributed by atoms with Gasteiger partial charge in [-0.1, -0.05) is 18.2 Å². The number of hydrogen-bond donors (Lipinski definition) is 2. The molecular formula is C12H10BrF3N4. The summed E-state index contributed by atoms with van der Waals surface area (Å²) in [6.45, 7) is -0.0500. The number of nitrogens with one attached hydrogen (secondary N) is 1. The lowest BCUT2D eigenvalue weighted by Gasteiger charge is -2.13. The van der Waals surface area contributed by atoms with Gasteiger partial charge in [-0.05, 0) is 27.6 Å². The Morgan fingerprint density at radius 2 is 1.90 bits per heavy atom. The molecule has 0 aliphatic carbocycles. The van der Waals surface area contributed by atoms with E-state index in [0.717, 1.165) is 6.07 Å². The average molecular weight is 347 g/mol. The van der Waals surface area contributed by atoms with Gasteiger partial charge in [0.2, 0.25) is 5.95 Å². The molecule has 0 bridgehead atoms. The van der Waals surface area contributed by atoms with E-state index >= 15 is 0 Å². The predicted octanol–water partition coefficient (Wildman–Crippen LogP) is 3.45. The van der Waals surface area contributed by atoms with Gasteiger partial charge in [-0.2, -0.15) is 18.2 Å². The zero-order valence-corrected chi connectivity index (χ0v) is 11.7. The minimum atomic E-state index is -4.39. The summed E-state index contributed by atoms with van der Waals surface area (Å²) in [6, 6.07) is 6.82. The molecule has 0 aliphatic rings. The second-order valence-corrected chi connectivity index (χ2v) is 4.76. The van der Waals surface area contributed by atoms with E-state index in [0.29, 0.717) is 4.60 Å². The summed E-state index contributed by atoms with van der Waals surface area (Å²) in [5.74, 6) is 0.382. The highest BCUT2D eigenvalue weighted by Gasteiger charge is 2.32. The van der Waals surface area contributed by atoms with Crippen molar-refractivity contribution in [3.8, 4) is 0 Å². The van der Waals surface area contributed by atoms with Gasteiger partial charge < -0.3 is 11.1 Å². The Hall–Kier alpha value is -1.83. The minimum absolute atomic E-state index is 0.0500. The SMILES string of the molecule is Nc1cc(Br)nc(NCc2ccccc2C(F)(F)F)n1. The summed E-state index contributed by atoms with van der Waals surface area (Å²) in [5, 5.41) is 2.72. The first-order valence-electron chi connectivity index (χ1n) is 5.55. The summed E-state index contributed by atoms with van der Waals surface area (Å²) in [6.07, 6.45) is -4.39. The Labute approximate surface area is 121 Å². The molecule has 3 N–H and O–H groups in total. The zero-order valence-electron chi connectivity index (χ0n) is 10.1. The van der Waals surface area contributed by atoms with Gasteiger partial charge in [0.25, 0.3) is 0 Å². The van der Waals surface area contributed by atoms with Crippen molar-refractivity contribution in [1.29, 1.82) is 0 Å². The monoisotopic (exact) mass is 346 g/mol. The molecule has 0 unspecified atom stereocenters. The third-order valence-electron chi connectivity index (χ3n) is 2.47. The van der Waals surface area contributed by atoms with Crippen molar-refractivity contribution < 1.29 is 13.2 Å². The van der Waals surface area contributed by atoms with Crippen molar-refractivity contribution in [3.63, 3.8) is 0 Å². The molecule has 106 valence electrons. The molecule has 4 nitrogen and oxygen atoms in total. The van der Waals surface area contributed by atoms with Gasteiger partial charge in [-0.15, -0.1) is 0 Å². The van der Waals surface area contributed by atoms with E-state index in [1.807, 2.05) is 0 Å². The van der Waals surface area contributed by atoms with Crippen LogP contribution in [0, 0.1) is 0 Å². The van der Waals surface area contributed by atoms with Crippen molar-refractivity contribution in [1.82, 2.24) is 9.97 Å². The molecule has 0 amide bonds. The van der Waals surface area contributed by atoms with Crippen LogP contribution in [0.3, 0.4) is 0 Å². The lowest BCUT2D eigenvalue weighted by molar-refractivity contribution is -0.138. The van der Waals surface area contributed by atoms with E-state index in [1.54, 1.807) is 6.07 Å². The van der Waals surface area contributed by atoms with Crippen molar-refractivity contribution in [2.24, 2.45) is 0 Å². The van der Waals surface area contributed by atoms with E-state index in [9.17, 15) is 13.2 Å². The summed E-state index contributed by atoms with van der Waals surface area (Å²) < 4.78 is 38.9. The first-order chi connectivity index (χ1) is 9.36. The molecule has 2 aromatic rings. The summed E-state index contributed by atoms with van der Waals surface area (Å²) in [5.41, 5.74) is 4.95. The van der Waals surface area contributed by atoms with Crippen molar-refractivity contribution in [2.75, 3.05) is 11.1 Å². The number of rotatable bonds is 3. The van der Waals surface area contributed by atoms with Gasteiger partial charge in [0, 0.05) is 12.6 Å². The number of alkyl halides is 3. The quantitative estimate of drug-likeness (QED) is 0.835. The van der Waals surface area contributed by atoms with Crippen molar-refractivity contribution in [2.45, 2.75) is 12.7 Å². The van der Waals surface area contributed by atoms with Crippen LogP contribution in [-0.2, 0) is 12.7 Å². The average Bonchev–Trinajstić information content (AvgIpc) is 2.34. The number of nitrogen functional groups attached to an aromatic ring is 1. The fourth-order valence-corrected chi connectivity index (χ4v) is 2.04. The predicted molar refractivity (Wildman–Crippen MR) is 72.9 cm³/mol. The van der Waals surface area contributed by atoms with Gasteiger partial charge in [0.05, 0.1) is 5.56 Å². The number of benzene rings is 1. The standard InChI is InChI=1S/C12H10BrF3N4/c13-9-5-10(17)20-11(19-9)18-6-7-3-1-2-4-8(7)12(14,15)16/h1-5H,6H2,(H3,17,18,19,20). The molecule has 0 saturated heterocycles. The highest BCUT2D eigenvalue weighted by Crippen LogP contribution is 2.32. The van der Waals surface area contributed by atoms with E-state index in [4.69, 9.17) is 5.73 Å². The number of aromatic nitrogens is 2. The van der Waals surface area contributed by atoms with E-state index in [1.165, 1.54) is 18.2 Å². The zero-order chi connectivity index (χ0) is 14.8. The lowest BCUT2D eigenvalue weighted by atomic mass is 10.1. The normalized spacial score (nSPS) is 11.4. The lowest BCUT2D eigenvalue weighted by Crippen LogP contribution is -2.12. The molecular weight excluding hydrogens is 337 g/mol. The van der Waals surface area contributed by atoms with Crippen LogP contribution in [0.5, 0.6) is 0 Å². The fraction of sp³-hybridized carbons (Fsp3) is 0.167. The van der Waals surface area contributed by atoms with Gasteiger partial charge >= 0.3 is 6.18 Å². The topological polar surface area (TPSA) is 63.8 Å². The van der Waals surface area contributed by atoms with Crippen LogP contribution >= 0.6 is 15.9 Å². The van der Waals surface area contributed by atoms with Crippen LogP contribution in [0.4, 0.5) is 24.9 Å². The molecule has 20 heavy (non-hydrogen) atoms. The second kappa shape index (κ2) is 5.66. The Kier molecular flexibility index (Phi) is 4.12. The van der Waals surface area contributed by atoms with Crippen molar-refractivity contribution >= 4 is 27.7 Å². The van der Waals surface area contributed by atoms with Gasteiger partial charge in [0.15, 0.2) is 0 Å². The number of halogens is 4. The third-order valence-corrected chi connectivity index (χ3v) is 2.88. The van der Waals surface area contributed by atoms with Crippen LogP contribution in [0.1, 0.15) is 11.1 Å². The van der Waals surface area contributed by atoms with Crippen LogP contribution < -0.4 is 11.1 Å². The molecule has 0 saturated carbocycles. The Morgan fingerprint density at radius 3 is 2.55 bits per heavy atom. The maximum absolute atomic E-state index is 12.8. The number of hydrogen-bond acceptors (Lipinski definition) is 4. The molecule has 0 radical (unpaired) electrons. The summed E-state index contributed by atoms with van der Waals surface area (Å²) in [4.78, 5) is 7.86. The molecule has 0 aliphatic heterocycles. The third kappa shape index (κ3) is 3.60. The van der Waals surface area contributed by atoms with Crippen LogP contribution in [0.25, 0.3) is 0 Å². The molecule has 0 fully saturated rings. The van der Waals surface area contributed by atoms with Crippen LogP contribution in [0.2, 0.25) is 0 Å². The van der Waals surface area contributed by atoms with Crippen LogP contribution in [0.15, 0.2) is 34.9 Å². The van der Waals surface area contributed by atoms with Crippen molar-refractivity contribution in [3.05, 3.63) is 46.1 Å². The Balaban J connectivity index is 2.19. The highest BCUT2D eigenvalue weighted by molar-refractivity contribution is 9.10. The van der Waals surface area contributed by atoms with E-state index < -0.39 is 11.7 Å².